The van der Waals surface area contributed by atoms with Gasteiger partial charge in [0.05, 0.1) is 18.6 Å². The molecule has 0 saturated carbocycles. The summed E-state index contributed by atoms with van der Waals surface area (Å²) in [5.74, 6) is 0.362. The van der Waals surface area contributed by atoms with Gasteiger partial charge in [-0.05, 0) is 48.5 Å². The van der Waals surface area contributed by atoms with Gasteiger partial charge in [-0.25, -0.2) is 4.39 Å². The van der Waals surface area contributed by atoms with E-state index in [1.807, 2.05) is 36.4 Å². The van der Waals surface area contributed by atoms with Gasteiger partial charge in [0.2, 0.25) is 5.91 Å². The Morgan fingerprint density at radius 3 is 2.54 bits per heavy atom. The fraction of sp³-hybridized carbons (Fsp3) is 0.105. The molecule has 0 aliphatic rings. The number of nitrogens with one attached hydrogen (secondary N) is 1. The topological polar surface area (TPSA) is 64.1 Å². The Bertz CT molecular complexity index is 886. The lowest BCUT2D eigenvalue weighted by Crippen LogP contribution is -2.14. The molecule has 3 rings (SSSR count). The van der Waals surface area contributed by atoms with Gasteiger partial charge in [0.1, 0.15) is 16.6 Å². The molecule has 132 valence electrons. The molecule has 0 fully saturated rings. The van der Waals surface area contributed by atoms with Crippen molar-refractivity contribution in [2.24, 2.45) is 0 Å². The molecule has 0 saturated heterocycles. The third-order valence-corrected chi connectivity index (χ3v) is 4.42. The second-order valence-corrected chi connectivity index (χ2v) is 6.30. The minimum Gasteiger partial charge on any atom is -0.496 e. The average molecular weight is 369 g/mol. The molecule has 1 amide bonds. The number of hydrogen-bond acceptors (Lipinski definition) is 5. The Labute approximate surface area is 154 Å². The van der Waals surface area contributed by atoms with Crippen LogP contribution in [0.4, 0.5) is 10.1 Å². The first-order valence-electron chi connectivity index (χ1n) is 7.81. The standard InChI is InChI=1S/C19H16FN3O2S/c1-25-17-5-3-2-4-15(17)16-10-11-19(23-22-16)26-12-18(24)21-14-8-6-13(20)7-9-14/h2-11H,12H2,1H3,(H,21,24). The minimum atomic E-state index is -0.345. The summed E-state index contributed by atoms with van der Waals surface area (Å²) in [7, 11) is 1.61. The number of methoxy groups -OCH3 is 1. The molecule has 5 nitrogen and oxygen atoms in total. The second kappa shape index (κ2) is 8.44. The van der Waals surface area contributed by atoms with Crippen molar-refractivity contribution in [3.63, 3.8) is 0 Å². The van der Waals surface area contributed by atoms with Crippen LogP contribution in [0.15, 0.2) is 65.7 Å². The number of anilines is 1. The zero-order valence-corrected chi connectivity index (χ0v) is 14.8. The number of rotatable bonds is 6. The van der Waals surface area contributed by atoms with E-state index in [1.54, 1.807) is 7.11 Å². The van der Waals surface area contributed by atoms with E-state index in [2.05, 4.69) is 15.5 Å². The zero-order chi connectivity index (χ0) is 18.4. The van der Waals surface area contributed by atoms with Crippen molar-refractivity contribution in [3.8, 4) is 17.0 Å². The molecule has 0 bridgehead atoms. The van der Waals surface area contributed by atoms with Crippen LogP contribution in [-0.4, -0.2) is 29.0 Å². The molecule has 0 radical (unpaired) electrons. The van der Waals surface area contributed by atoms with Crippen molar-refractivity contribution < 1.29 is 13.9 Å². The van der Waals surface area contributed by atoms with Gasteiger partial charge in [-0.3, -0.25) is 4.79 Å². The highest BCUT2D eigenvalue weighted by atomic mass is 32.2. The van der Waals surface area contributed by atoms with Crippen molar-refractivity contribution >= 4 is 23.4 Å². The number of para-hydroxylation sites is 1. The molecule has 1 heterocycles. The van der Waals surface area contributed by atoms with Gasteiger partial charge in [-0.2, -0.15) is 0 Å². The van der Waals surface area contributed by atoms with Crippen LogP contribution in [0.25, 0.3) is 11.3 Å². The molecule has 0 aliphatic carbocycles. The first-order chi connectivity index (χ1) is 12.7. The first kappa shape index (κ1) is 17.9. The maximum absolute atomic E-state index is 12.9. The van der Waals surface area contributed by atoms with Gasteiger partial charge >= 0.3 is 0 Å². The molecular weight excluding hydrogens is 353 g/mol. The molecule has 0 unspecified atom stereocenters. The Morgan fingerprint density at radius 2 is 1.85 bits per heavy atom. The molecule has 3 aromatic rings. The summed E-state index contributed by atoms with van der Waals surface area (Å²) in [6.07, 6.45) is 0. The van der Waals surface area contributed by atoms with Crippen molar-refractivity contribution in [1.82, 2.24) is 10.2 Å². The van der Waals surface area contributed by atoms with E-state index in [-0.39, 0.29) is 17.5 Å². The van der Waals surface area contributed by atoms with Crippen molar-refractivity contribution in [2.45, 2.75) is 5.03 Å². The van der Waals surface area contributed by atoms with Crippen molar-refractivity contribution in [3.05, 3.63) is 66.5 Å². The maximum Gasteiger partial charge on any atom is 0.234 e. The van der Waals surface area contributed by atoms with Crippen LogP contribution < -0.4 is 10.1 Å². The number of benzene rings is 2. The van der Waals surface area contributed by atoms with Crippen molar-refractivity contribution in [2.75, 3.05) is 18.2 Å². The molecular formula is C19H16FN3O2S. The number of ether oxygens (including phenoxy) is 1. The Morgan fingerprint density at radius 1 is 1.08 bits per heavy atom. The van der Waals surface area contributed by atoms with Crippen LogP contribution in [0, 0.1) is 5.82 Å². The van der Waals surface area contributed by atoms with Crippen LogP contribution in [-0.2, 0) is 4.79 Å². The average Bonchev–Trinajstić information content (AvgIpc) is 2.68. The van der Waals surface area contributed by atoms with E-state index in [9.17, 15) is 9.18 Å². The van der Waals surface area contributed by atoms with E-state index in [4.69, 9.17) is 4.74 Å². The molecule has 26 heavy (non-hydrogen) atoms. The van der Waals surface area contributed by atoms with Gasteiger partial charge in [-0.15, -0.1) is 10.2 Å². The van der Waals surface area contributed by atoms with Gasteiger partial charge in [0.25, 0.3) is 0 Å². The SMILES string of the molecule is COc1ccccc1-c1ccc(SCC(=O)Nc2ccc(F)cc2)nn1. The number of halogens is 1. The van der Waals surface area contributed by atoms with E-state index in [0.717, 1.165) is 11.3 Å². The smallest absolute Gasteiger partial charge is 0.234 e. The molecule has 7 heteroatoms. The summed E-state index contributed by atoms with van der Waals surface area (Å²) in [4.78, 5) is 12.0. The summed E-state index contributed by atoms with van der Waals surface area (Å²) < 4.78 is 18.2. The Hall–Kier alpha value is -2.93. The van der Waals surface area contributed by atoms with Gasteiger partial charge in [-0.1, -0.05) is 23.9 Å². The number of carbonyl (C=O) groups excluding carboxylic acids is 1. The summed E-state index contributed by atoms with van der Waals surface area (Å²) in [6, 6.07) is 16.8. The molecule has 0 aliphatic heterocycles. The summed E-state index contributed by atoms with van der Waals surface area (Å²) >= 11 is 1.27. The largest absolute Gasteiger partial charge is 0.496 e. The highest BCUT2D eigenvalue weighted by Gasteiger charge is 2.09. The molecule has 0 spiro atoms. The second-order valence-electron chi connectivity index (χ2n) is 5.30. The van der Waals surface area contributed by atoms with E-state index in [1.165, 1.54) is 36.0 Å². The van der Waals surface area contributed by atoms with Gasteiger partial charge < -0.3 is 10.1 Å². The zero-order valence-electron chi connectivity index (χ0n) is 14.0. The van der Waals surface area contributed by atoms with Crippen LogP contribution in [0.5, 0.6) is 5.75 Å². The molecule has 1 N–H and O–H groups in total. The highest BCUT2D eigenvalue weighted by molar-refractivity contribution is 7.99. The van der Waals surface area contributed by atoms with Crippen LogP contribution in [0.1, 0.15) is 0 Å². The van der Waals surface area contributed by atoms with E-state index >= 15 is 0 Å². The first-order valence-corrected chi connectivity index (χ1v) is 8.79. The Balaban J connectivity index is 1.59. The lowest BCUT2D eigenvalue weighted by Gasteiger charge is -2.07. The van der Waals surface area contributed by atoms with E-state index < -0.39 is 0 Å². The number of amides is 1. The lowest BCUT2D eigenvalue weighted by molar-refractivity contribution is -0.113. The molecule has 0 atom stereocenters. The monoisotopic (exact) mass is 369 g/mol. The lowest BCUT2D eigenvalue weighted by atomic mass is 10.1. The number of thioether (sulfide) groups is 1. The number of carbonyl (C=O) groups is 1. The predicted octanol–water partition coefficient (Wildman–Crippen LogP) is 4.02. The third kappa shape index (κ3) is 4.58. The maximum atomic E-state index is 12.9. The van der Waals surface area contributed by atoms with Gasteiger partial charge in [0, 0.05) is 11.3 Å². The Kier molecular flexibility index (Phi) is 5.80. The van der Waals surface area contributed by atoms with E-state index in [0.29, 0.717) is 16.4 Å². The third-order valence-electron chi connectivity index (χ3n) is 3.50. The quantitative estimate of drug-likeness (QED) is 0.665. The molecule has 1 aromatic heterocycles. The summed E-state index contributed by atoms with van der Waals surface area (Å²) in [6.45, 7) is 0. The fourth-order valence-electron chi connectivity index (χ4n) is 2.27. The number of hydrogen-bond donors (Lipinski definition) is 1. The van der Waals surface area contributed by atoms with Crippen molar-refractivity contribution in [1.29, 1.82) is 0 Å². The normalized spacial score (nSPS) is 10.4. The van der Waals surface area contributed by atoms with Gasteiger partial charge in [0.15, 0.2) is 0 Å². The molecule has 2 aromatic carbocycles. The minimum absolute atomic E-state index is 0.181. The highest BCUT2D eigenvalue weighted by Crippen LogP contribution is 2.28. The predicted molar refractivity (Wildman–Crippen MR) is 99.8 cm³/mol. The van der Waals surface area contributed by atoms with Crippen LogP contribution in [0.2, 0.25) is 0 Å². The van der Waals surface area contributed by atoms with Crippen LogP contribution >= 0.6 is 11.8 Å². The van der Waals surface area contributed by atoms with Crippen LogP contribution in [0.3, 0.4) is 0 Å². The summed E-state index contributed by atoms with van der Waals surface area (Å²) in [5.41, 5.74) is 2.10. The summed E-state index contributed by atoms with van der Waals surface area (Å²) in [5, 5.41) is 11.7. The number of nitrogens with zero attached hydrogens (tertiary/aromatic N) is 2. The fourth-order valence-corrected chi connectivity index (χ4v) is 2.88. The number of aromatic nitrogens is 2.